The lowest BCUT2D eigenvalue weighted by atomic mass is 10.1. The molecule has 1 aromatic carbocycles. The van der Waals surface area contributed by atoms with Crippen LogP contribution < -0.4 is 10.5 Å². The molecule has 2 aliphatic rings. The zero-order valence-corrected chi connectivity index (χ0v) is 11.4. The summed E-state index contributed by atoms with van der Waals surface area (Å²) in [6, 6.07) is 6.75. The van der Waals surface area contributed by atoms with E-state index < -0.39 is 0 Å². The van der Waals surface area contributed by atoms with Crippen molar-refractivity contribution in [3.63, 3.8) is 0 Å². The Kier molecular flexibility index (Phi) is 3.19. The van der Waals surface area contributed by atoms with Gasteiger partial charge in [-0.05, 0) is 42.9 Å². The predicted molar refractivity (Wildman–Crippen MR) is 75.5 cm³/mol. The van der Waals surface area contributed by atoms with Crippen molar-refractivity contribution >= 4 is 5.84 Å². The fourth-order valence-electron chi connectivity index (χ4n) is 3.51. The maximum atomic E-state index is 7.53. The molecule has 2 fully saturated rings. The molecule has 3 N–H and O–H groups in total. The normalized spacial score (nSPS) is 25.7. The average molecular weight is 259 g/mol. The van der Waals surface area contributed by atoms with Crippen LogP contribution in [0.1, 0.15) is 30.4 Å². The van der Waals surface area contributed by atoms with Gasteiger partial charge in [0.2, 0.25) is 0 Å². The van der Waals surface area contributed by atoms with Gasteiger partial charge in [0.05, 0.1) is 12.7 Å². The number of benzene rings is 1. The fraction of sp³-hybridized carbons (Fsp3) is 0.533. The van der Waals surface area contributed by atoms with Crippen LogP contribution in [0.2, 0.25) is 0 Å². The quantitative estimate of drug-likeness (QED) is 0.642. The molecular formula is C15H21N3O. The zero-order chi connectivity index (χ0) is 13.4. The van der Waals surface area contributed by atoms with Crippen LogP contribution in [0.15, 0.2) is 18.2 Å². The number of fused-ring (bicyclic) bond motifs is 2. The van der Waals surface area contributed by atoms with Crippen LogP contribution in [0.5, 0.6) is 5.75 Å². The molecule has 4 nitrogen and oxygen atoms in total. The minimum atomic E-state index is 0.0589. The second-order valence-electron chi connectivity index (χ2n) is 5.71. The number of nitrogens with two attached hydrogens (primary N) is 1. The van der Waals surface area contributed by atoms with E-state index in [1.807, 2.05) is 12.1 Å². The van der Waals surface area contributed by atoms with E-state index >= 15 is 0 Å². The highest BCUT2D eigenvalue weighted by Crippen LogP contribution is 2.38. The van der Waals surface area contributed by atoms with E-state index in [-0.39, 0.29) is 5.84 Å². The molecule has 3 rings (SSSR count). The molecule has 2 bridgehead atoms. The van der Waals surface area contributed by atoms with Crippen molar-refractivity contribution in [3.05, 3.63) is 29.3 Å². The third kappa shape index (κ3) is 2.32. The summed E-state index contributed by atoms with van der Waals surface area (Å²) in [4.78, 5) is 2.58. The summed E-state index contributed by atoms with van der Waals surface area (Å²) in [5.74, 6) is 1.68. The highest BCUT2D eigenvalue weighted by Gasteiger charge is 2.37. The van der Waals surface area contributed by atoms with Gasteiger partial charge in [0, 0.05) is 19.1 Å². The zero-order valence-electron chi connectivity index (χ0n) is 11.4. The van der Waals surface area contributed by atoms with Gasteiger partial charge >= 0.3 is 0 Å². The lowest BCUT2D eigenvalue weighted by Gasteiger charge is -2.27. The molecule has 1 aliphatic carbocycles. The molecule has 1 heterocycles. The van der Waals surface area contributed by atoms with Crippen LogP contribution in [0.4, 0.5) is 0 Å². The SMILES string of the molecule is COc1cc(CN2CC3CCC2C3)ccc1C(=N)N. The standard InChI is InChI=1S/C15H21N3O/c1-19-14-7-11(3-5-13(14)15(16)17)9-18-8-10-2-4-12(18)6-10/h3,5,7,10,12H,2,4,6,8-9H2,1H3,(H3,16,17). The summed E-state index contributed by atoms with van der Waals surface area (Å²) in [7, 11) is 1.63. The number of piperidine rings is 1. The first-order valence-electron chi connectivity index (χ1n) is 6.92. The molecule has 19 heavy (non-hydrogen) atoms. The third-order valence-electron chi connectivity index (χ3n) is 4.46. The summed E-state index contributed by atoms with van der Waals surface area (Å²) in [5.41, 5.74) is 7.47. The van der Waals surface area contributed by atoms with Gasteiger partial charge in [-0.25, -0.2) is 0 Å². The van der Waals surface area contributed by atoms with Crippen LogP contribution in [-0.4, -0.2) is 30.4 Å². The Balaban J connectivity index is 1.76. The first-order chi connectivity index (χ1) is 9.17. The fourth-order valence-corrected chi connectivity index (χ4v) is 3.51. The summed E-state index contributed by atoms with van der Waals surface area (Å²) < 4.78 is 5.33. The molecule has 1 aromatic rings. The Bertz CT molecular complexity index is 500. The molecule has 1 saturated carbocycles. The summed E-state index contributed by atoms with van der Waals surface area (Å²) in [6.07, 6.45) is 4.14. The number of likely N-dealkylation sites (tertiary alicyclic amines) is 1. The van der Waals surface area contributed by atoms with E-state index in [0.29, 0.717) is 11.3 Å². The number of nitrogen functional groups attached to an aromatic ring is 1. The molecule has 1 aliphatic heterocycles. The van der Waals surface area contributed by atoms with E-state index in [0.717, 1.165) is 18.5 Å². The summed E-state index contributed by atoms with van der Waals surface area (Å²) in [6.45, 7) is 2.22. The minimum Gasteiger partial charge on any atom is -0.496 e. The van der Waals surface area contributed by atoms with E-state index in [1.165, 1.54) is 31.4 Å². The molecule has 102 valence electrons. The molecule has 4 heteroatoms. The second kappa shape index (κ2) is 4.85. The molecule has 2 atom stereocenters. The number of rotatable bonds is 4. The first kappa shape index (κ1) is 12.5. The average Bonchev–Trinajstić information content (AvgIpc) is 3.00. The van der Waals surface area contributed by atoms with Crippen molar-refractivity contribution in [2.75, 3.05) is 13.7 Å². The van der Waals surface area contributed by atoms with Gasteiger partial charge in [0.1, 0.15) is 11.6 Å². The van der Waals surface area contributed by atoms with E-state index in [4.69, 9.17) is 15.9 Å². The number of nitrogens with one attached hydrogen (secondary N) is 1. The van der Waals surface area contributed by atoms with Gasteiger partial charge in [-0.3, -0.25) is 10.3 Å². The number of hydrogen-bond donors (Lipinski definition) is 2. The summed E-state index contributed by atoms with van der Waals surface area (Å²) >= 11 is 0. The third-order valence-corrected chi connectivity index (χ3v) is 4.46. The molecular weight excluding hydrogens is 238 g/mol. The highest BCUT2D eigenvalue weighted by atomic mass is 16.5. The first-order valence-corrected chi connectivity index (χ1v) is 6.92. The van der Waals surface area contributed by atoms with Gasteiger partial charge in [0.15, 0.2) is 0 Å². The molecule has 1 saturated heterocycles. The van der Waals surface area contributed by atoms with Gasteiger partial charge in [0.25, 0.3) is 0 Å². The smallest absolute Gasteiger partial charge is 0.130 e. The van der Waals surface area contributed by atoms with Crippen LogP contribution in [-0.2, 0) is 6.54 Å². The summed E-state index contributed by atoms with van der Waals surface area (Å²) in [5, 5.41) is 7.53. The number of amidine groups is 1. The maximum Gasteiger partial charge on any atom is 0.130 e. The van der Waals surface area contributed by atoms with Gasteiger partial charge in [-0.1, -0.05) is 6.07 Å². The van der Waals surface area contributed by atoms with Gasteiger partial charge in [-0.2, -0.15) is 0 Å². The monoisotopic (exact) mass is 259 g/mol. The minimum absolute atomic E-state index is 0.0589. The van der Waals surface area contributed by atoms with Crippen LogP contribution >= 0.6 is 0 Å². The van der Waals surface area contributed by atoms with E-state index in [1.54, 1.807) is 7.11 Å². The van der Waals surface area contributed by atoms with Crippen molar-refractivity contribution < 1.29 is 4.74 Å². The number of nitrogens with zero attached hydrogens (tertiary/aromatic N) is 1. The molecule has 0 spiro atoms. The van der Waals surface area contributed by atoms with Gasteiger partial charge in [-0.15, -0.1) is 0 Å². The number of hydrogen-bond acceptors (Lipinski definition) is 3. The van der Waals surface area contributed by atoms with E-state index in [2.05, 4.69) is 11.0 Å². The molecule has 0 amide bonds. The van der Waals surface area contributed by atoms with Crippen molar-refractivity contribution in [3.8, 4) is 5.75 Å². The Morgan fingerprint density at radius 2 is 2.32 bits per heavy atom. The molecule has 2 unspecified atom stereocenters. The second-order valence-corrected chi connectivity index (χ2v) is 5.71. The maximum absolute atomic E-state index is 7.53. The lowest BCUT2D eigenvalue weighted by Crippen LogP contribution is -2.31. The Hall–Kier alpha value is -1.55. The lowest BCUT2D eigenvalue weighted by molar-refractivity contribution is 0.205. The number of methoxy groups -OCH3 is 1. The van der Waals surface area contributed by atoms with Crippen LogP contribution in [0.3, 0.4) is 0 Å². The predicted octanol–water partition coefficient (Wildman–Crippen LogP) is 1.96. The topological polar surface area (TPSA) is 62.3 Å². The van der Waals surface area contributed by atoms with Crippen molar-refractivity contribution in [2.24, 2.45) is 11.7 Å². The largest absolute Gasteiger partial charge is 0.496 e. The molecule has 0 radical (unpaired) electrons. The van der Waals surface area contributed by atoms with Crippen LogP contribution in [0, 0.1) is 11.3 Å². The Morgan fingerprint density at radius 3 is 2.89 bits per heavy atom. The van der Waals surface area contributed by atoms with Crippen molar-refractivity contribution in [1.29, 1.82) is 5.41 Å². The van der Waals surface area contributed by atoms with Gasteiger partial charge < -0.3 is 10.5 Å². The number of ether oxygens (including phenoxy) is 1. The van der Waals surface area contributed by atoms with Crippen LogP contribution in [0.25, 0.3) is 0 Å². The Labute approximate surface area is 114 Å². The molecule has 0 aromatic heterocycles. The Morgan fingerprint density at radius 1 is 1.47 bits per heavy atom. The highest BCUT2D eigenvalue weighted by molar-refractivity contribution is 5.97. The van der Waals surface area contributed by atoms with Crippen molar-refractivity contribution in [1.82, 2.24) is 4.90 Å². The van der Waals surface area contributed by atoms with Crippen molar-refractivity contribution in [2.45, 2.75) is 31.8 Å². The van der Waals surface area contributed by atoms with E-state index in [9.17, 15) is 0 Å².